The second-order valence-electron chi connectivity index (χ2n) is 5.80. The molecule has 0 spiro atoms. The molecular weight excluding hydrogens is 200 g/mol. The minimum atomic E-state index is -0.0390. The van der Waals surface area contributed by atoms with E-state index in [1.165, 1.54) is 5.56 Å². The summed E-state index contributed by atoms with van der Waals surface area (Å²) in [6.45, 7) is 10.2. The fraction of sp³-hybridized carbons (Fsp3) is 0.571. The van der Waals surface area contributed by atoms with Gasteiger partial charge in [0.1, 0.15) is 18.0 Å². The molecule has 1 saturated heterocycles. The predicted octanol–water partition coefficient (Wildman–Crippen LogP) is 3.15. The van der Waals surface area contributed by atoms with Gasteiger partial charge in [0.15, 0.2) is 0 Å². The molecular formula is C14H20O2. The molecule has 2 heteroatoms. The molecule has 2 nitrogen and oxygen atoms in total. The van der Waals surface area contributed by atoms with Crippen molar-refractivity contribution in [2.45, 2.75) is 38.7 Å². The van der Waals surface area contributed by atoms with Crippen LogP contribution in [0.2, 0.25) is 0 Å². The van der Waals surface area contributed by atoms with Crippen molar-refractivity contribution >= 4 is 0 Å². The Morgan fingerprint density at radius 3 is 2.25 bits per heavy atom. The molecule has 0 radical (unpaired) electrons. The Morgan fingerprint density at radius 2 is 1.81 bits per heavy atom. The van der Waals surface area contributed by atoms with Crippen LogP contribution in [0.25, 0.3) is 0 Å². The Balaban J connectivity index is 1.96. The van der Waals surface area contributed by atoms with Crippen LogP contribution in [0, 0.1) is 0 Å². The molecule has 0 aromatic heterocycles. The largest absolute Gasteiger partial charge is 0.491 e. The van der Waals surface area contributed by atoms with Crippen LogP contribution in [0.5, 0.6) is 5.75 Å². The zero-order valence-corrected chi connectivity index (χ0v) is 10.5. The van der Waals surface area contributed by atoms with Gasteiger partial charge in [-0.2, -0.15) is 0 Å². The zero-order valence-electron chi connectivity index (χ0n) is 10.5. The predicted molar refractivity (Wildman–Crippen MR) is 65.0 cm³/mol. The SMILES string of the molecule is CC1(COc2ccc(C(C)(C)C)cc2)CO1. The molecule has 1 aliphatic rings. The van der Waals surface area contributed by atoms with Crippen molar-refractivity contribution in [1.82, 2.24) is 0 Å². The number of hydrogen-bond donors (Lipinski definition) is 0. The number of ether oxygens (including phenoxy) is 2. The van der Waals surface area contributed by atoms with Crippen LogP contribution in [-0.4, -0.2) is 18.8 Å². The molecule has 1 fully saturated rings. The van der Waals surface area contributed by atoms with Crippen molar-refractivity contribution in [2.24, 2.45) is 0 Å². The molecule has 16 heavy (non-hydrogen) atoms. The lowest BCUT2D eigenvalue weighted by atomic mass is 9.87. The summed E-state index contributed by atoms with van der Waals surface area (Å²) in [4.78, 5) is 0. The lowest BCUT2D eigenvalue weighted by Gasteiger charge is -2.19. The summed E-state index contributed by atoms with van der Waals surface area (Å²) in [5.41, 5.74) is 1.49. The van der Waals surface area contributed by atoms with Crippen molar-refractivity contribution in [1.29, 1.82) is 0 Å². The van der Waals surface area contributed by atoms with Crippen LogP contribution in [0.4, 0.5) is 0 Å². The van der Waals surface area contributed by atoms with Gasteiger partial charge in [-0.05, 0) is 30.0 Å². The van der Waals surface area contributed by atoms with Crippen LogP contribution in [-0.2, 0) is 10.2 Å². The molecule has 1 unspecified atom stereocenters. The van der Waals surface area contributed by atoms with E-state index in [2.05, 4.69) is 39.8 Å². The fourth-order valence-corrected chi connectivity index (χ4v) is 1.49. The molecule has 2 rings (SSSR count). The van der Waals surface area contributed by atoms with Gasteiger partial charge in [0, 0.05) is 0 Å². The average Bonchev–Trinajstić information content (AvgIpc) is 2.94. The van der Waals surface area contributed by atoms with Crippen LogP contribution in [0.15, 0.2) is 24.3 Å². The highest BCUT2D eigenvalue weighted by Crippen LogP contribution is 2.28. The van der Waals surface area contributed by atoms with E-state index in [1.54, 1.807) is 0 Å². The summed E-state index contributed by atoms with van der Waals surface area (Å²) in [7, 11) is 0. The highest BCUT2D eigenvalue weighted by atomic mass is 16.6. The molecule has 1 aliphatic heterocycles. The van der Waals surface area contributed by atoms with Crippen molar-refractivity contribution in [3.63, 3.8) is 0 Å². The Kier molecular flexibility index (Phi) is 2.70. The number of hydrogen-bond acceptors (Lipinski definition) is 2. The van der Waals surface area contributed by atoms with Gasteiger partial charge in [0.05, 0.1) is 6.61 Å². The summed E-state index contributed by atoms with van der Waals surface area (Å²) in [6.07, 6.45) is 0. The first-order valence-electron chi connectivity index (χ1n) is 5.76. The van der Waals surface area contributed by atoms with E-state index in [4.69, 9.17) is 9.47 Å². The number of rotatable bonds is 3. The van der Waals surface area contributed by atoms with E-state index in [9.17, 15) is 0 Å². The van der Waals surface area contributed by atoms with Crippen LogP contribution >= 0.6 is 0 Å². The highest BCUT2D eigenvalue weighted by molar-refractivity contribution is 5.31. The van der Waals surface area contributed by atoms with Gasteiger partial charge >= 0.3 is 0 Å². The van der Waals surface area contributed by atoms with E-state index >= 15 is 0 Å². The molecule has 0 saturated carbocycles. The second-order valence-corrected chi connectivity index (χ2v) is 5.80. The van der Waals surface area contributed by atoms with Crippen LogP contribution < -0.4 is 4.74 Å². The topological polar surface area (TPSA) is 21.8 Å². The first kappa shape index (κ1) is 11.5. The van der Waals surface area contributed by atoms with E-state index in [0.717, 1.165) is 12.4 Å². The number of epoxide rings is 1. The monoisotopic (exact) mass is 220 g/mol. The normalized spacial score (nSPS) is 24.2. The first-order chi connectivity index (χ1) is 7.39. The van der Waals surface area contributed by atoms with Crippen molar-refractivity contribution in [3.8, 4) is 5.75 Å². The maximum absolute atomic E-state index is 5.68. The minimum absolute atomic E-state index is 0.0390. The first-order valence-corrected chi connectivity index (χ1v) is 5.76. The smallest absolute Gasteiger partial charge is 0.123 e. The van der Waals surface area contributed by atoms with E-state index < -0.39 is 0 Å². The fourth-order valence-electron chi connectivity index (χ4n) is 1.49. The van der Waals surface area contributed by atoms with E-state index in [1.807, 2.05) is 12.1 Å². The summed E-state index contributed by atoms with van der Waals surface area (Å²) in [5, 5.41) is 0. The van der Waals surface area contributed by atoms with Gasteiger partial charge in [-0.15, -0.1) is 0 Å². The summed E-state index contributed by atoms with van der Waals surface area (Å²) < 4.78 is 10.9. The quantitative estimate of drug-likeness (QED) is 0.730. The standard InChI is InChI=1S/C14H20O2/c1-13(2,3)11-5-7-12(8-6-11)15-9-14(4)10-16-14/h5-8H,9-10H2,1-4H3. The summed E-state index contributed by atoms with van der Waals surface area (Å²) in [6, 6.07) is 8.33. The van der Waals surface area contributed by atoms with Gasteiger partial charge in [0.2, 0.25) is 0 Å². The third-order valence-electron chi connectivity index (χ3n) is 2.90. The minimum Gasteiger partial charge on any atom is -0.491 e. The molecule has 1 atom stereocenters. The average molecular weight is 220 g/mol. The molecule has 0 N–H and O–H groups in total. The Labute approximate surface area is 97.6 Å². The molecule has 1 heterocycles. The van der Waals surface area contributed by atoms with Gasteiger partial charge in [-0.1, -0.05) is 32.9 Å². The maximum atomic E-state index is 5.68. The summed E-state index contributed by atoms with van der Waals surface area (Å²) in [5.74, 6) is 0.921. The van der Waals surface area contributed by atoms with Crippen molar-refractivity contribution in [2.75, 3.05) is 13.2 Å². The number of benzene rings is 1. The molecule has 0 aliphatic carbocycles. The zero-order chi connectivity index (χ0) is 11.8. The summed E-state index contributed by atoms with van der Waals surface area (Å²) >= 11 is 0. The third kappa shape index (κ3) is 2.76. The van der Waals surface area contributed by atoms with E-state index in [-0.39, 0.29) is 11.0 Å². The maximum Gasteiger partial charge on any atom is 0.123 e. The second kappa shape index (κ2) is 3.77. The third-order valence-corrected chi connectivity index (χ3v) is 2.90. The van der Waals surface area contributed by atoms with Crippen molar-refractivity contribution in [3.05, 3.63) is 29.8 Å². The molecule has 0 bridgehead atoms. The molecule has 88 valence electrons. The van der Waals surface area contributed by atoms with E-state index in [0.29, 0.717) is 6.61 Å². The Hall–Kier alpha value is -1.02. The van der Waals surface area contributed by atoms with Gasteiger partial charge < -0.3 is 9.47 Å². The van der Waals surface area contributed by atoms with Gasteiger partial charge in [-0.25, -0.2) is 0 Å². The van der Waals surface area contributed by atoms with Crippen molar-refractivity contribution < 1.29 is 9.47 Å². The van der Waals surface area contributed by atoms with Crippen LogP contribution in [0.1, 0.15) is 33.3 Å². The highest BCUT2D eigenvalue weighted by Gasteiger charge is 2.40. The Bertz CT molecular complexity index is 355. The van der Waals surface area contributed by atoms with Gasteiger partial charge in [0.25, 0.3) is 0 Å². The lowest BCUT2D eigenvalue weighted by Crippen LogP contribution is -2.17. The van der Waals surface area contributed by atoms with Crippen LogP contribution in [0.3, 0.4) is 0 Å². The lowest BCUT2D eigenvalue weighted by molar-refractivity contribution is 0.202. The molecule has 1 aromatic carbocycles. The molecule has 1 aromatic rings. The Morgan fingerprint density at radius 1 is 1.25 bits per heavy atom. The van der Waals surface area contributed by atoms with Gasteiger partial charge in [-0.3, -0.25) is 0 Å². The molecule has 0 amide bonds.